The molecule has 2 aromatic heterocycles. The van der Waals surface area contributed by atoms with Gasteiger partial charge in [0.2, 0.25) is 0 Å². The number of hydrogen-bond donors (Lipinski definition) is 2. The molecule has 4 aromatic carbocycles. The van der Waals surface area contributed by atoms with Gasteiger partial charge in [0.15, 0.2) is 23.6 Å². The molecule has 0 aliphatic carbocycles. The van der Waals surface area contributed by atoms with Crippen LogP contribution in [0.25, 0.3) is 11.2 Å². The number of para-hydroxylation sites is 1. The second-order valence-corrected chi connectivity index (χ2v) is 11.9. The molecule has 6 aromatic rings. The summed E-state index contributed by atoms with van der Waals surface area (Å²) in [4.78, 5) is 25.8. The lowest BCUT2D eigenvalue weighted by atomic mass is 9.80. The van der Waals surface area contributed by atoms with Gasteiger partial charge in [-0.05, 0) is 53.1 Å². The number of carbonyl (C=O) groups excluding carboxylic acids is 1. The minimum absolute atomic E-state index is 0.0506. The Morgan fingerprint density at radius 2 is 1.43 bits per heavy atom. The van der Waals surface area contributed by atoms with E-state index in [0.29, 0.717) is 28.4 Å². The maximum atomic E-state index is 12.7. The van der Waals surface area contributed by atoms with Gasteiger partial charge in [0.25, 0.3) is 5.91 Å². The SMILES string of the molecule is COc1ccc(C(OC[C@H]2O[C@@H](n3cnc4c(NC(=O)COc5ccccc5)ncnc43)C[C@@H]2O)(c2ccccc2)c2ccc(OC)cc2)cc1. The second kappa shape index (κ2) is 15.0. The van der Waals surface area contributed by atoms with Gasteiger partial charge >= 0.3 is 0 Å². The summed E-state index contributed by atoms with van der Waals surface area (Å²) in [5, 5.41) is 14.1. The van der Waals surface area contributed by atoms with Gasteiger partial charge < -0.3 is 34.1 Å². The second-order valence-electron chi connectivity index (χ2n) is 11.9. The first-order valence-electron chi connectivity index (χ1n) is 16.5. The summed E-state index contributed by atoms with van der Waals surface area (Å²) in [5.41, 5.74) is 2.37. The van der Waals surface area contributed by atoms with Gasteiger partial charge in [0.05, 0.1) is 33.3 Å². The lowest BCUT2D eigenvalue weighted by Gasteiger charge is -2.37. The molecule has 7 rings (SSSR count). The van der Waals surface area contributed by atoms with Crippen LogP contribution in [0, 0.1) is 0 Å². The summed E-state index contributed by atoms with van der Waals surface area (Å²) in [7, 11) is 3.26. The summed E-state index contributed by atoms with van der Waals surface area (Å²) < 4.78 is 31.6. The number of amides is 1. The number of carbonyl (C=O) groups is 1. The molecule has 1 aliphatic heterocycles. The third kappa shape index (κ3) is 6.97. The summed E-state index contributed by atoms with van der Waals surface area (Å²) in [6.45, 7) is -0.150. The van der Waals surface area contributed by atoms with Crippen LogP contribution in [0.3, 0.4) is 0 Å². The average Bonchev–Trinajstić information content (AvgIpc) is 3.79. The number of aliphatic hydroxyl groups excluding tert-OH is 1. The monoisotopic (exact) mass is 687 g/mol. The molecule has 0 spiro atoms. The zero-order valence-electron chi connectivity index (χ0n) is 28.1. The van der Waals surface area contributed by atoms with Crippen molar-refractivity contribution in [2.75, 3.05) is 32.8 Å². The van der Waals surface area contributed by atoms with Gasteiger partial charge in [0, 0.05) is 6.42 Å². The molecule has 12 nitrogen and oxygen atoms in total. The fraction of sp³-hybridized carbons (Fsp3) is 0.231. The van der Waals surface area contributed by atoms with Crippen molar-refractivity contribution in [3.63, 3.8) is 0 Å². The molecule has 51 heavy (non-hydrogen) atoms. The van der Waals surface area contributed by atoms with Crippen LogP contribution in [0.4, 0.5) is 5.82 Å². The summed E-state index contributed by atoms with van der Waals surface area (Å²) in [5.74, 6) is 1.85. The van der Waals surface area contributed by atoms with Crippen LogP contribution in [0.2, 0.25) is 0 Å². The van der Waals surface area contributed by atoms with E-state index in [0.717, 1.165) is 16.7 Å². The number of ether oxygens (including phenoxy) is 5. The Morgan fingerprint density at radius 3 is 2.06 bits per heavy atom. The predicted octanol–water partition coefficient (Wildman–Crippen LogP) is 5.52. The van der Waals surface area contributed by atoms with E-state index in [2.05, 4.69) is 20.3 Å². The Kier molecular flexibility index (Phi) is 9.88. The summed E-state index contributed by atoms with van der Waals surface area (Å²) in [6, 6.07) is 34.5. The number of aliphatic hydroxyl groups is 1. The maximum absolute atomic E-state index is 12.7. The minimum Gasteiger partial charge on any atom is -0.497 e. The van der Waals surface area contributed by atoms with E-state index in [1.807, 2.05) is 97.1 Å². The molecular weight excluding hydrogens is 650 g/mol. The topological polar surface area (TPSA) is 139 Å². The third-order valence-corrected chi connectivity index (χ3v) is 8.88. The van der Waals surface area contributed by atoms with Crippen molar-refractivity contribution in [1.29, 1.82) is 0 Å². The number of anilines is 1. The third-order valence-electron chi connectivity index (χ3n) is 8.88. The zero-order chi connectivity index (χ0) is 35.2. The number of nitrogens with one attached hydrogen (secondary N) is 1. The first-order valence-corrected chi connectivity index (χ1v) is 16.5. The van der Waals surface area contributed by atoms with Crippen LogP contribution in [-0.4, -0.2) is 70.2 Å². The van der Waals surface area contributed by atoms with Crippen LogP contribution in [-0.2, 0) is 19.9 Å². The van der Waals surface area contributed by atoms with Crippen molar-refractivity contribution in [3.05, 3.63) is 139 Å². The van der Waals surface area contributed by atoms with Crippen molar-refractivity contribution in [3.8, 4) is 17.2 Å². The van der Waals surface area contributed by atoms with Crippen LogP contribution in [0.1, 0.15) is 29.3 Å². The number of aromatic nitrogens is 4. The van der Waals surface area contributed by atoms with Gasteiger partial charge in [0.1, 0.15) is 41.5 Å². The van der Waals surface area contributed by atoms with E-state index in [1.165, 1.54) is 6.33 Å². The van der Waals surface area contributed by atoms with Crippen molar-refractivity contribution >= 4 is 22.9 Å². The van der Waals surface area contributed by atoms with E-state index in [1.54, 1.807) is 37.2 Å². The average molecular weight is 688 g/mol. The molecule has 0 radical (unpaired) electrons. The molecule has 0 unspecified atom stereocenters. The van der Waals surface area contributed by atoms with Gasteiger partial charge in [-0.15, -0.1) is 0 Å². The Balaban J connectivity index is 1.13. The molecule has 0 saturated carbocycles. The normalized spacial score (nSPS) is 17.3. The van der Waals surface area contributed by atoms with E-state index in [-0.39, 0.29) is 25.5 Å². The Bertz CT molecular complexity index is 2010. The van der Waals surface area contributed by atoms with E-state index >= 15 is 0 Å². The van der Waals surface area contributed by atoms with Gasteiger partial charge in [-0.2, -0.15) is 0 Å². The lowest BCUT2D eigenvalue weighted by molar-refractivity contribution is -0.118. The van der Waals surface area contributed by atoms with Crippen molar-refractivity contribution in [2.45, 2.75) is 30.5 Å². The zero-order valence-corrected chi connectivity index (χ0v) is 28.1. The number of methoxy groups -OCH3 is 2. The molecule has 12 heteroatoms. The highest BCUT2D eigenvalue weighted by molar-refractivity contribution is 5.97. The predicted molar refractivity (Wildman–Crippen MR) is 189 cm³/mol. The summed E-state index contributed by atoms with van der Waals surface area (Å²) >= 11 is 0. The first-order chi connectivity index (χ1) is 25.0. The summed E-state index contributed by atoms with van der Waals surface area (Å²) in [6.07, 6.45) is 1.02. The Morgan fingerprint density at radius 1 is 0.824 bits per heavy atom. The van der Waals surface area contributed by atoms with Gasteiger partial charge in [-0.25, -0.2) is 15.0 Å². The van der Waals surface area contributed by atoms with Gasteiger partial charge in [-0.1, -0.05) is 72.8 Å². The largest absolute Gasteiger partial charge is 0.497 e. The Hall–Kier alpha value is -5.82. The van der Waals surface area contributed by atoms with Crippen molar-refractivity contribution < 1.29 is 33.6 Å². The van der Waals surface area contributed by atoms with E-state index in [9.17, 15) is 9.90 Å². The molecular formula is C39H37N5O7. The Labute approximate surface area is 294 Å². The molecule has 260 valence electrons. The highest BCUT2D eigenvalue weighted by atomic mass is 16.6. The quantitative estimate of drug-likeness (QED) is 0.149. The molecule has 1 fully saturated rings. The number of imidazole rings is 1. The minimum atomic E-state index is -1.08. The first kappa shape index (κ1) is 33.7. The van der Waals surface area contributed by atoms with Crippen molar-refractivity contribution in [1.82, 2.24) is 19.5 Å². The van der Waals surface area contributed by atoms with E-state index in [4.69, 9.17) is 23.7 Å². The van der Waals surface area contributed by atoms with Crippen LogP contribution in [0.15, 0.2) is 122 Å². The number of fused-ring (bicyclic) bond motifs is 1. The molecule has 1 aliphatic rings. The van der Waals surface area contributed by atoms with E-state index < -0.39 is 29.9 Å². The molecule has 1 amide bonds. The molecule has 3 atom stereocenters. The number of benzene rings is 4. The van der Waals surface area contributed by atoms with Crippen molar-refractivity contribution in [2.24, 2.45) is 0 Å². The van der Waals surface area contributed by atoms with Crippen LogP contribution >= 0.6 is 0 Å². The van der Waals surface area contributed by atoms with Gasteiger partial charge in [-0.3, -0.25) is 9.36 Å². The van der Waals surface area contributed by atoms with Crippen LogP contribution in [0.5, 0.6) is 17.2 Å². The highest BCUT2D eigenvalue weighted by Gasteiger charge is 2.42. The molecule has 3 heterocycles. The highest BCUT2D eigenvalue weighted by Crippen LogP contribution is 2.43. The number of hydrogen-bond acceptors (Lipinski definition) is 10. The maximum Gasteiger partial charge on any atom is 0.263 e. The fourth-order valence-corrected chi connectivity index (χ4v) is 6.31. The van der Waals surface area contributed by atoms with Crippen LogP contribution < -0.4 is 19.5 Å². The fourth-order valence-electron chi connectivity index (χ4n) is 6.31. The number of rotatable bonds is 13. The lowest BCUT2D eigenvalue weighted by Crippen LogP contribution is -2.38. The molecule has 0 bridgehead atoms. The number of nitrogens with zero attached hydrogens (tertiary/aromatic N) is 4. The molecule has 2 N–H and O–H groups in total. The molecule has 1 saturated heterocycles. The standard InChI is InChI=1S/C39H37N5O7/c1-47-29-17-13-27(14-18-29)39(26-9-5-3-6-10-26,28-15-19-30(48-2)20-16-28)50-22-33-32(45)21-35(51-33)44-25-42-36-37(40-24-41-38(36)44)43-34(46)23-49-31-11-7-4-8-12-31/h3-20,24-25,32-33,35,45H,21-23H2,1-2H3,(H,40,41,43,46)/t32-,33+,35+/m0/s1. The smallest absolute Gasteiger partial charge is 0.263 e.